The van der Waals surface area contributed by atoms with Crippen LogP contribution in [-0.2, 0) is 19.1 Å². The maximum Gasteiger partial charge on any atom is 0.310 e. The average molecular weight is 586 g/mol. The number of alkyl halides is 1. The third kappa shape index (κ3) is 5.44. The number of fused-ring (bicyclic) bond motifs is 1. The van der Waals surface area contributed by atoms with Crippen LogP contribution in [-0.4, -0.2) is 85.9 Å². The standard InChI is InChI=1S/C27H41BrN2O5S/c1-5-8-11-16-35-26(34)20-21-24(32)30(14-9-10-15-31)23(27(21)17-19(28)22(20)36-27)25(33)29(13-7-3)18(4)12-6-2/h5,7,18-23,31H,1,3,6,8-17H2,2,4H3/t18?,19?,20-,21+,22-,23?,27?/m1/s1. The normalized spacial score (nSPS) is 31.3. The van der Waals surface area contributed by atoms with Gasteiger partial charge >= 0.3 is 5.97 Å². The molecule has 0 aromatic rings. The fraction of sp³-hybridized carbons (Fsp3) is 0.741. The number of unbranched alkanes of at least 4 members (excludes halogenated alkanes) is 2. The maximum atomic E-state index is 14.3. The highest BCUT2D eigenvalue weighted by molar-refractivity contribution is 9.09. The molecule has 0 aromatic carbocycles. The Kier molecular flexibility index (Phi) is 10.5. The van der Waals surface area contributed by atoms with Crippen molar-refractivity contribution in [3.63, 3.8) is 0 Å². The second-order valence-corrected chi connectivity index (χ2v) is 12.9. The number of esters is 1. The number of aliphatic hydroxyl groups excluding tert-OH is 1. The van der Waals surface area contributed by atoms with Crippen LogP contribution in [0, 0.1) is 11.8 Å². The second kappa shape index (κ2) is 13.0. The number of carbonyl (C=O) groups is 3. The van der Waals surface area contributed by atoms with Gasteiger partial charge in [0.2, 0.25) is 11.8 Å². The molecule has 0 aliphatic carbocycles. The van der Waals surface area contributed by atoms with Crippen LogP contribution < -0.4 is 0 Å². The number of allylic oxidation sites excluding steroid dienone is 1. The number of rotatable bonds is 15. The number of hydrogen-bond donors (Lipinski definition) is 1. The molecule has 3 heterocycles. The van der Waals surface area contributed by atoms with Crippen molar-refractivity contribution in [3.8, 4) is 0 Å². The summed E-state index contributed by atoms with van der Waals surface area (Å²) in [7, 11) is 0. The quantitative estimate of drug-likeness (QED) is 0.136. The molecule has 9 heteroatoms. The summed E-state index contributed by atoms with van der Waals surface area (Å²) in [4.78, 5) is 45.1. The number of thioether (sulfide) groups is 1. The molecule has 0 aromatic heterocycles. The summed E-state index contributed by atoms with van der Waals surface area (Å²) in [5, 5.41) is 9.23. The van der Waals surface area contributed by atoms with Gasteiger partial charge in [-0.25, -0.2) is 0 Å². The zero-order chi connectivity index (χ0) is 26.5. The van der Waals surface area contributed by atoms with Gasteiger partial charge in [0.25, 0.3) is 0 Å². The van der Waals surface area contributed by atoms with Crippen LogP contribution in [0.3, 0.4) is 0 Å². The van der Waals surface area contributed by atoms with E-state index in [1.54, 1.807) is 28.8 Å². The SMILES string of the molecule is C=CCCCOC(=O)[C@H]1[C@@H]2SC3(CC2Br)C(C(=O)N(CC=C)C(C)CCC)N(CCCCO)C(=O)[C@H]13. The fourth-order valence-corrected chi connectivity index (χ4v) is 9.76. The Labute approximate surface area is 228 Å². The summed E-state index contributed by atoms with van der Waals surface area (Å²) in [6, 6.07) is -0.638. The molecule has 7 nitrogen and oxygen atoms in total. The van der Waals surface area contributed by atoms with Gasteiger partial charge < -0.3 is 19.6 Å². The van der Waals surface area contributed by atoms with Crippen molar-refractivity contribution in [1.82, 2.24) is 9.80 Å². The van der Waals surface area contributed by atoms with E-state index < -0.39 is 22.6 Å². The molecule has 3 saturated heterocycles. The average Bonchev–Trinajstić information content (AvgIpc) is 3.43. The Morgan fingerprint density at radius 1 is 1.33 bits per heavy atom. The minimum absolute atomic E-state index is 0.0133. The van der Waals surface area contributed by atoms with E-state index >= 15 is 0 Å². The number of hydrogen-bond acceptors (Lipinski definition) is 6. The van der Waals surface area contributed by atoms with Crippen LogP contribution >= 0.6 is 27.7 Å². The highest BCUT2D eigenvalue weighted by Gasteiger charge is 2.76. The largest absolute Gasteiger partial charge is 0.465 e. The zero-order valence-corrected chi connectivity index (χ0v) is 24.0. The molecule has 7 atom stereocenters. The minimum Gasteiger partial charge on any atom is -0.465 e. The first-order valence-corrected chi connectivity index (χ1v) is 15.0. The highest BCUT2D eigenvalue weighted by atomic mass is 79.9. The molecular weight excluding hydrogens is 544 g/mol. The zero-order valence-electron chi connectivity index (χ0n) is 21.6. The van der Waals surface area contributed by atoms with E-state index in [1.807, 2.05) is 11.8 Å². The lowest BCUT2D eigenvalue weighted by molar-refractivity contribution is -0.154. The van der Waals surface area contributed by atoms with E-state index in [4.69, 9.17) is 4.74 Å². The molecule has 0 saturated carbocycles. The van der Waals surface area contributed by atoms with Gasteiger partial charge in [-0.2, -0.15) is 0 Å². The molecule has 202 valence electrons. The molecule has 4 unspecified atom stereocenters. The lowest BCUT2D eigenvalue weighted by atomic mass is 9.71. The van der Waals surface area contributed by atoms with Crippen LogP contribution in [0.5, 0.6) is 0 Å². The summed E-state index contributed by atoms with van der Waals surface area (Å²) in [6.07, 6.45) is 8.59. The topological polar surface area (TPSA) is 87.2 Å². The van der Waals surface area contributed by atoms with Crippen LogP contribution in [0.2, 0.25) is 0 Å². The van der Waals surface area contributed by atoms with Gasteiger partial charge in [-0.3, -0.25) is 14.4 Å². The number of amides is 2. The van der Waals surface area contributed by atoms with Crippen molar-refractivity contribution < 1.29 is 24.2 Å². The van der Waals surface area contributed by atoms with Gasteiger partial charge in [-0.1, -0.05) is 41.4 Å². The van der Waals surface area contributed by atoms with Crippen LogP contribution in [0.4, 0.5) is 0 Å². The van der Waals surface area contributed by atoms with E-state index in [-0.39, 0.29) is 40.5 Å². The van der Waals surface area contributed by atoms with Crippen LogP contribution in [0.25, 0.3) is 0 Å². The molecule has 1 N–H and O–H groups in total. The van der Waals surface area contributed by atoms with E-state index in [0.717, 1.165) is 19.3 Å². The van der Waals surface area contributed by atoms with E-state index in [2.05, 4.69) is 36.0 Å². The highest BCUT2D eigenvalue weighted by Crippen LogP contribution is 2.68. The van der Waals surface area contributed by atoms with Gasteiger partial charge in [0, 0.05) is 35.8 Å². The number of ether oxygens (including phenoxy) is 1. The monoisotopic (exact) mass is 584 g/mol. The minimum atomic E-state index is -0.678. The summed E-state index contributed by atoms with van der Waals surface area (Å²) < 4.78 is 4.96. The number of halogens is 1. The first-order chi connectivity index (χ1) is 17.3. The number of carbonyl (C=O) groups excluding carboxylic acids is 3. The van der Waals surface area contributed by atoms with Gasteiger partial charge in [-0.15, -0.1) is 24.9 Å². The second-order valence-electron chi connectivity index (χ2n) is 10.1. The van der Waals surface area contributed by atoms with Crippen molar-refractivity contribution in [2.24, 2.45) is 11.8 Å². The Morgan fingerprint density at radius 3 is 2.72 bits per heavy atom. The van der Waals surface area contributed by atoms with Gasteiger partial charge in [0.15, 0.2) is 0 Å². The lowest BCUT2D eigenvalue weighted by Crippen LogP contribution is -2.57. The van der Waals surface area contributed by atoms with Gasteiger partial charge in [0.1, 0.15) is 6.04 Å². The molecule has 2 bridgehead atoms. The van der Waals surface area contributed by atoms with Gasteiger partial charge in [-0.05, 0) is 45.4 Å². The van der Waals surface area contributed by atoms with E-state index in [9.17, 15) is 19.5 Å². The number of likely N-dealkylation sites (tertiary alicyclic amines) is 1. The smallest absolute Gasteiger partial charge is 0.310 e. The molecule has 3 rings (SSSR count). The molecule has 0 radical (unpaired) electrons. The Morgan fingerprint density at radius 2 is 2.08 bits per heavy atom. The molecule has 1 spiro atoms. The third-order valence-corrected chi connectivity index (χ3v) is 11.0. The first kappa shape index (κ1) is 29.2. The Bertz CT molecular complexity index is 841. The van der Waals surface area contributed by atoms with Gasteiger partial charge in [0.05, 0.1) is 23.2 Å². The van der Waals surface area contributed by atoms with Crippen molar-refractivity contribution >= 4 is 45.5 Å². The number of aliphatic hydroxyl groups is 1. The maximum absolute atomic E-state index is 14.3. The molecule has 3 fully saturated rings. The molecule has 3 aliphatic heterocycles. The molecule has 2 amide bonds. The summed E-state index contributed by atoms with van der Waals surface area (Å²) >= 11 is 5.42. The van der Waals surface area contributed by atoms with Crippen molar-refractivity contribution in [2.45, 2.75) is 85.7 Å². The summed E-state index contributed by atoms with van der Waals surface area (Å²) in [5.41, 5.74) is 0. The molecular formula is C27H41BrN2O5S. The summed E-state index contributed by atoms with van der Waals surface area (Å²) in [5.74, 6) is -1.70. The molecule has 36 heavy (non-hydrogen) atoms. The number of nitrogens with zero attached hydrogens (tertiary/aromatic N) is 2. The Balaban J connectivity index is 1.97. The Hall–Kier alpha value is -1.32. The predicted octanol–water partition coefficient (Wildman–Crippen LogP) is 3.94. The van der Waals surface area contributed by atoms with E-state index in [1.165, 1.54) is 0 Å². The predicted molar refractivity (Wildman–Crippen MR) is 147 cm³/mol. The van der Waals surface area contributed by atoms with Crippen molar-refractivity contribution in [3.05, 3.63) is 25.3 Å². The van der Waals surface area contributed by atoms with Crippen LogP contribution in [0.1, 0.15) is 58.8 Å². The fourth-order valence-electron chi connectivity index (χ4n) is 6.17. The van der Waals surface area contributed by atoms with Crippen molar-refractivity contribution in [1.29, 1.82) is 0 Å². The molecule has 3 aliphatic rings. The first-order valence-electron chi connectivity index (χ1n) is 13.2. The summed E-state index contributed by atoms with van der Waals surface area (Å²) in [6.45, 7) is 12.8. The van der Waals surface area contributed by atoms with Crippen molar-refractivity contribution in [2.75, 3.05) is 26.3 Å². The van der Waals surface area contributed by atoms with Crippen LogP contribution in [0.15, 0.2) is 25.3 Å². The van der Waals surface area contributed by atoms with E-state index in [0.29, 0.717) is 45.4 Å². The lowest BCUT2D eigenvalue weighted by Gasteiger charge is -2.39. The third-order valence-electron chi connectivity index (χ3n) is 7.75.